The minimum absolute atomic E-state index is 0.0252. The van der Waals surface area contributed by atoms with E-state index in [2.05, 4.69) is 10.4 Å². The van der Waals surface area contributed by atoms with Crippen molar-refractivity contribution in [3.8, 4) is 0 Å². The lowest BCUT2D eigenvalue weighted by molar-refractivity contribution is 0.266. The first kappa shape index (κ1) is 15.4. The molecule has 0 aliphatic carbocycles. The molecule has 2 rings (SSSR count). The summed E-state index contributed by atoms with van der Waals surface area (Å²) in [6.45, 7) is -0.268. The summed E-state index contributed by atoms with van der Waals surface area (Å²) < 4.78 is 27.5. The smallest absolute Gasteiger partial charge is 0.287 e. The molecular weight excluding hydrogens is 304 g/mol. The summed E-state index contributed by atoms with van der Waals surface area (Å²) in [6.07, 6.45) is 1.29. The van der Waals surface area contributed by atoms with Crippen LogP contribution in [0.25, 0.3) is 0 Å². The first-order valence-electron chi connectivity index (χ1n) is 6.07. The highest BCUT2D eigenvalue weighted by atomic mass is 35.5. The molecule has 1 aromatic heterocycles. The largest absolute Gasteiger partial charge is 0.394 e. The number of anilines is 1. The first-order chi connectivity index (χ1) is 10.0. The van der Waals surface area contributed by atoms with Crippen LogP contribution < -0.4 is 10.9 Å². The van der Waals surface area contributed by atoms with E-state index in [1.165, 1.54) is 6.20 Å². The van der Waals surface area contributed by atoms with Crippen molar-refractivity contribution < 1.29 is 13.9 Å². The third-order valence-electron chi connectivity index (χ3n) is 2.77. The highest BCUT2D eigenvalue weighted by Gasteiger charge is 2.10. The van der Waals surface area contributed by atoms with Gasteiger partial charge in [-0.05, 0) is 18.2 Å². The Balaban J connectivity index is 2.19. The van der Waals surface area contributed by atoms with E-state index >= 15 is 0 Å². The van der Waals surface area contributed by atoms with Crippen LogP contribution in [0.2, 0.25) is 5.02 Å². The number of halogens is 3. The average molecular weight is 316 g/mol. The molecule has 0 aliphatic rings. The lowest BCUT2D eigenvalue weighted by atomic mass is 10.2. The Morgan fingerprint density at radius 2 is 2.14 bits per heavy atom. The molecular formula is C13H12ClF2N3O2. The number of aliphatic hydroxyl groups is 1. The molecule has 2 aromatic rings. The van der Waals surface area contributed by atoms with Crippen molar-refractivity contribution in [3.63, 3.8) is 0 Å². The van der Waals surface area contributed by atoms with E-state index in [0.29, 0.717) is 0 Å². The second-order valence-corrected chi connectivity index (χ2v) is 4.59. The SMILES string of the molecule is O=c1c(Cl)c(NCc2cc(F)ccc2F)cnn1CCO. The number of hydrogen-bond donors (Lipinski definition) is 2. The minimum atomic E-state index is -0.574. The third kappa shape index (κ3) is 3.56. The molecule has 1 heterocycles. The lowest BCUT2D eigenvalue weighted by Crippen LogP contribution is -2.25. The van der Waals surface area contributed by atoms with Crippen molar-refractivity contribution in [2.24, 2.45) is 0 Å². The van der Waals surface area contributed by atoms with Gasteiger partial charge in [-0.3, -0.25) is 4.79 Å². The van der Waals surface area contributed by atoms with Crippen LogP contribution in [0, 0.1) is 11.6 Å². The predicted octanol–water partition coefficient (Wildman–Crippen LogP) is 1.78. The molecule has 0 bridgehead atoms. The van der Waals surface area contributed by atoms with E-state index in [4.69, 9.17) is 16.7 Å². The normalized spacial score (nSPS) is 10.7. The molecule has 2 N–H and O–H groups in total. The van der Waals surface area contributed by atoms with E-state index in [0.717, 1.165) is 22.9 Å². The Labute approximate surface area is 123 Å². The second-order valence-electron chi connectivity index (χ2n) is 4.21. The summed E-state index contributed by atoms with van der Waals surface area (Å²) in [5.41, 5.74) is -0.263. The molecule has 0 atom stereocenters. The zero-order chi connectivity index (χ0) is 15.4. The standard InChI is InChI=1S/C13H12ClF2N3O2/c14-12-11(7-18-19(3-4-20)13(12)21)17-6-8-5-9(15)1-2-10(8)16/h1-2,5,7,17,20H,3-4,6H2. The molecule has 5 nitrogen and oxygen atoms in total. The van der Waals surface area contributed by atoms with Gasteiger partial charge in [0.1, 0.15) is 16.7 Å². The third-order valence-corrected chi connectivity index (χ3v) is 3.14. The van der Waals surface area contributed by atoms with Crippen molar-refractivity contribution in [1.29, 1.82) is 0 Å². The van der Waals surface area contributed by atoms with Gasteiger partial charge in [0.15, 0.2) is 0 Å². The van der Waals surface area contributed by atoms with Crippen LogP contribution in [0.1, 0.15) is 5.56 Å². The number of hydrogen-bond acceptors (Lipinski definition) is 4. The number of aromatic nitrogens is 2. The van der Waals surface area contributed by atoms with Crippen LogP contribution in [0.4, 0.5) is 14.5 Å². The van der Waals surface area contributed by atoms with Crippen LogP contribution in [-0.2, 0) is 13.1 Å². The fourth-order valence-corrected chi connectivity index (χ4v) is 1.92. The van der Waals surface area contributed by atoms with E-state index in [1.807, 2.05) is 0 Å². The van der Waals surface area contributed by atoms with Crippen LogP contribution in [-0.4, -0.2) is 21.5 Å². The van der Waals surface area contributed by atoms with Crippen molar-refractivity contribution in [1.82, 2.24) is 9.78 Å². The Bertz CT molecular complexity index is 706. The Kier molecular flexibility index (Phi) is 4.87. The second kappa shape index (κ2) is 6.64. The molecule has 0 saturated carbocycles. The summed E-state index contributed by atoms with van der Waals surface area (Å²) >= 11 is 5.89. The van der Waals surface area contributed by atoms with E-state index in [1.54, 1.807) is 0 Å². The summed E-state index contributed by atoms with van der Waals surface area (Å²) in [6, 6.07) is 3.09. The van der Waals surface area contributed by atoms with Crippen LogP contribution >= 0.6 is 11.6 Å². The maximum atomic E-state index is 13.5. The van der Waals surface area contributed by atoms with Gasteiger partial charge in [-0.1, -0.05) is 11.6 Å². The minimum Gasteiger partial charge on any atom is -0.394 e. The molecule has 0 radical (unpaired) electrons. The highest BCUT2D eigenvalue weighted by Crippen LogP contribution is 2.17. The van der Waals surface area contributed by atoms with Crippen LogP contribution in [0.3, 0.4) is 0 Å². The Hall–Kier alpha value is -1.99. The molecule has 112 valence electrons. The van der Waals surface area contributed by atoms with Crippen LogP contribution in [0.5, 0.6) is 0 Å². The molecule has 0 amide bonds. The number of benzene rings is 1. The summed E-state index contributed by atoms with van der Waals surface area (Å²) in [5, 5.41) is 15.2. The van der Waals surface area contributed by atoms with Gasteiger partial charge in [0.05, 0.1) is 25.0 Å². The molecule has 0 fully saturated rings. The van der Waals surface area contributed by atoms with Gasteiger partial charge in [0.25, 0.3) is 5.56 Å². The molecule has 1 aromatic carbocycles. The monoisotopic (exact) mass is 315 g/mol. The van der Waals surface area contributed by atoms with Crippen molar-refractivity contribution in [2.45, 2.75) is 13.1 Å². The van der Waals surface area contributed by atoms with E-state index in [-0.39, 0.29) is 36.0 Å². The highest BCUT2D eigenvalue weighted by molar-refractivity contribution is 6.32. The van der Waals surface area contributed by atoms with Gasteiger partial charge in [-0.15, -0.1) is 0 Å². The molecule has 8 heteroatoms. The van der Waals surface area contributed by atoms with Gasteiger partial charge in [0, 0.05) is 12.1 Å². The lowest BCUT2D eigenvalue weighted by Gasteiger charge is -2.10. The topological polar surface area (TPSA) is 67.2 Å². The molecule has 0 unspecified atom stereocenters. The molecule has 0 spiro atoms. The maximum Gasteiger partial charge on any atom is 0.287 e. The van der Waals surface area contributed by atoms with Gasteiger partial charge in [0.2, 0.25) is 0 Å². The Morgan fingerprint density at radius 1 is 1.38 bits per heavy atom. The fraction of sp³-hybridized carbons (Fsp3) is 0.231. The first-order valence-corrected chi connectivity index (χ1v) is 6.45. The van der Waals surface area contributed by atoms with E-state index < -0.39 is 17.2 Å². The number of nitrogens with zero attached hydrogens (tertiary/aromatic N) is 2. The fourth-order valence-electron chi connectivity index (χ4n) is 1.71. The number of rotatable bonds is 5. The summed E-state index contributed by atoms with van der Waals surface area (Å²) in [5.74, 6) is -1.13. The van der Waals surface area contributed by atoms with Crippen molar-refractivity contribution >= 4 is 17.3 Å². The number of aliphatic hydroxyl groups excluding tert-OH is 1. The van der Waals surface area contributed by atoms with Gasteiger partial charge in [-0.25, -0.2) is 13.5 Å². The maximum absolute atomic E-state index is 13.5. The van der Waals surface area contributed by atoms with Crippen molar-refractivity contribution in [2.75, 3.05) is 11.9 Å². The van der Waals surface area contributed by atoms with Crippen LogP contribution in [0.15, 0.2) is 29.2 Å². The quantitative estimate of drug-likeness (QED) is 0.882. The summed E-state index contributed by atoms with van der Waals surface area (Å²) in [4.78, 5) is 11.8. The van der Waals surface area contributed by atoms with Gasteiger partial charge >= 0.3 is 0 Å². The van der Waals surface area contributed by atoms with Gasteiger partial charge < -0.3 is 10.4 Å². The zero-order valence-electron chi connectivity index (χ0n) is 10.8. The van der Waals surface area contributed by atoms with E-state index in [9.17, 15) is 13.6 Å². The molecule has 21 heavy (non-hydrogen) atoms. The predicted molar refractivity (Wildman–Crippen MR) is 74.3 cm³/mol. The van der Waals surface area contributed by atoms with Gasteiger partial charge in [-0.2, -0.15) is 5.10 Å². The molecule has 0 aliphatic heterocycles. The zero-order valence-corrected chi connectivity index (χ0v) is 11.6. The summed E-state index contributed by atoms with van der Waals surface area (Å²) in [7, 11) is 0. The average Bonchev–Trinajstić information content (AvgIpc) is 2.46. The number of nitrogens with one attached hydrogen (secondary N) is 1. The molecule has 0 saturated heterocycles. The van der Waals surface area contributed by atoms with Crippen molar-refractivity contribution in [3.05, 3.63) is 57.0 Å². The Morgan fingerprint density at radius 3 is 2.86 bits per heavy atom.